The molecule has 0 unspecified atom stereocenters. The maximum absolute atomic E-state index is 5.66. The number of hydrogen-bond acceptors (Lipinski definition) is 1. The monoisotopic (exact) mass is 209 g/mol. The second-order valence-electron chi connectivity index (χ2n) is 3.97. The molecule has 1 heteroatoms. The van der Waals surface area contributed by atoms with Crippen LogP contribution in [0.3, 0.4) is 0 Å². The molecule has 0 aromatic heterocycles. The molecule has 0 atom stereocenters. The molecule has 0 heterocycles. The number of aryl methyl sites for hydroxylation is 1. The third-order valence-electron chi connectivity index (χ3n) is 2.66. The summed E-state index contributed by atoms with van der Waals surface area (Å²) in [6, 6.07) is 16.2. The van der Waals surface area contributed by atoms with Crippen molar-refractivity contribution in [3.8, 4) is 0 Å². The second kappa shape index (κ2) is 4.23. The van der Waals surface area contributed by atoms with E-state index in [1.54, 1.807) is 0 Å². The van der Waals surface area contributed by atoms with Crippen LogP contribution >= 0.6 is 0 Å². The maximum atomic E-state index is 5.66. The minimum atomic E-state index is 0.778. The lowest BCUT2D eigenvalue weighted by Gasteiger charge is -2.07. The summed E-state index contributed by atoms with van der Waals surface area (Å²) in [4.78, 5) is 0. The number of benzene rings is 2. The van der Waals surface area contributed by atoms with Crippen LogP contribution in [0.2, 0.25) is 0 Å². The van der Waals surface area contributed by atoms with E-state index in [-0.39, 0.29) is 0 Å². The third kappa shape index (κ3) is 2.14. The number of nitrogens with two attached hydrogens (primary N) is 1. The molecule has 0 aliphatic rings. The second-order valence-corrected chi connectivity index (χ2v) is 3.97. The molecule has 0 bridgehead atoms. The zero-order chi connectivity index (χ0) is 11.5. The largest absolute Gasteiger partial charge is 0.399 e. The molecule has 0 spiro atoms. The van der Waals surface area contributed by atoms with Crippen LogP contribution in [0.4, 0.5) is 5.69 Å². The van der Waals surface area contributed by atoms with Crippen molar-refractivity contribution in [3.05, 3.63) is 71.8 Å². The molecule has 2 rings (SSSR count). The average Bonchev–Trinajstić information content (AvgIpc) is 2.30. The Hall–Kier alpha value is -2.02. The van der Waals surface area contributed by atoms with Crippen molar-refractivity contribution in [2.24, 2.45) is 0 Å². The highest BCUT2D eigenvalue weighted by Gasteiger charge is 2.01. The lowest BCUT2D eigenvalue weighted by Crippen LogP contribution is -1.88. The van der Waals surface area contributed by atoms with E-state index < -0.39 is 0 Å². The van der Waals surface area contributed by atoms with Gasteiger partial charge in [0.2, 0.25) is 0 Å². The van der Waals surface area contributed by atoms with Crippen molar-refractivity contribution in [2.45, 2.75) is 6.92 Å². The Kier molecular flexibility index (Phi) is 2.78. The van der Waals surface area contributed by atoms with Gasteiger partial charge in [-0.15, -0.1) is 0 Å². The molecule has 0 radical (unpaired) electrons. The molecule has 0 amide bonds. The molecule has 80 valence electrons. The number of nitrogen functional groups attached to an aromatic ring is 1. The fraction of sp³-hybridized carbons (Fsp3) is 0.0667. The van der Waals surface area contributed by atoms with E-state index in [1.807, 2.05) is 24.3 Å². The predicted octanol–water partition coefficient (Wildman–Crippen LogP) is 3.64. The molecule has 2 aromatic carbocycles. The quantitative estimate of drug-likeness (QED) is 0.751. The average molecular weight is 209 g/mol. The minimum absolute atomic E-state index is 0.778. The van der Waals surface area contributed by atoms with Crippen LogP contribution in [-0.4, -0.2) is 0 Å². The Morgan fingerprint density at radius 3 is 1.81 bits per heavy atom. The molecule has 1 nitrogen and oxygen atoms in total. The first-order valence-corrected chi connectivity index (χ1v) is 5.28. The molecule has 16 heavy (non-hydrogen) atoms. The van der Waals surface area contributed by atoms with Crippen molar-refractivity contribution in [1.29, 1.82) is 0 Å². The molecule has 0 fully saturated rings. The van der Waals surface area contributed by atoms with E-state index in [1.165, 1.54) is 5.56 Å². The summed E-state index contributed by atoms with van der Waals surface area (Å²) in [5, 5.41) is 0. The van der Waals surface area contributed by atoms with Crippen molar-refractivity contribution >= 4 is 11.3 Å². The van der Waals surface area contributed by atoms with Crippen LogP contribution in [0, 0.1) is 6.92 Å². The smallest absolute Gasteiger partial charge is 0.0314 e. The Bertz CT molecular complexity index is 444. The number of rotatable bonds is 2. The highest BCUT2D eigenvalue weighted by Crippen LogP contribution is 2.22. The predicted molar refractivity (Wildman–Crippen MR) is 70.2 cm³/mol. The first-order chi connectivity index (χ1) is 7.66. The normalized spacial score (nSPS) is 10.1. The van der Waals surface area contributed by atoms with Crippen LogP contribution in [0.5, 0.6) is 0 Å². The molecule has 2 aromatic rings. The van der Waals surface area contributed by atoms with Gasteiger partial charge in [-0.2, -0.15) is 0 Å². The van der Waals surface area contributed by atoms with Crippen LogP contribution in [0.25, 0.3) is 5.57 Å². The molecule has 0 saturated carbocycles. The van der Waals surface area contributed by atoms with E-state index in [9.17, 15) is 0 Å². The Labute approximate surface area is 96.2 Å². The van der Waals surface area contributed by atoms with Gasteiger partial charge in [0.1, 0.15) is 0 Å². The summed E-state index contributed by atoms with van der Waals surface area (Å²) < 4.78 is 0. The van der Waals surface area contributed by atoms with Gasteiger partial charge in [-0.05, 0) is 35.8 Å². The standard InChI is InChI=1S/C15H15N/c1-11-3-5-13(6-4-11)12(2)14-7-9-15(16)10-8-14/h3-10H,2,16H2,1H3. The van der Waals surface area contributed by atoms with Crippen LogP contribution in [0.15, 0.2) is 55.1 Å². The van der Waals surface area contributed by atoms with Crippen LogP contribution in [-0.2, 0) is 0 Å². The SMILES string of the molecule is C=C(c1ccc(C)cc1)c1ccc(N)cc1. The van der Waals surface area contributed by atoms with E-state index >= 15 is 0 Å². The fourth-order valence-electron chi connectivity index (χ4n) is 1.61. The maximum Gasteiger partial charge on any atom is 0.0314 e. The zero-order valence-electron chi connectivity index (χ0n) is 9.40. The van der Waals surface area contributed by atoms with Crippen molar-refractivity contribution in [3.63, 3.8) is 0 Å². The number of anilines is 1. The Morgan fingerprint density at radius 1 is 0.875 bits per heavy atom. The first kappa shape index (κ1) is 10.5. The highest BCUT2D eigenvalue weighted by molar-refractivity contribution is 5.78. The lowest BCUT2D eigenvalue weighted by atomic mass is 9.99. The lowest BCUT2D eigenvalue weighted by molar-refractivity contribution is 1.45. The van der Waals surface area contributed by atoms with E-state index in [4.69, 9.17) is 5.73 Å². The van der Waals surface area contributed by atoms with Gasteiger partial charge in [0.05, 0.1) is 0 Å². The van der Waals surface area contributed by atoms with Gasteiger partial charge in [0.15, 0.2) is 0 Å². The van der Waals surface area contributed by atoms with Gasteiger partial charge < -0.3 is 5.73 Å². The van der Waals surface area contributed by atoms with Gasteiger partial charge in [0, 0.05) is 5.69 Å². The summed E-state index contributed by atoms with van der Waals surface area (Å²) in [6.45, 7) is 6.19. The Morgan fingerprint density at radius 2 is 1.31 bits per heavy atom. The van der Waals surface area contributed by atoms with Gasteiger partial charge in [0.25, 0.3) is 0 Å². The van der Waals surface area contributed by atoms with Gasteiger partial charge in [-0.1, -0.05) is 48.5 Å². The topological polar surface area (TPSA) is 26.0 Å². The van der Waals surface area contributed by atoms with Gasteiger partial charge in [-0.3, -0.25) is 0 Å². The molecular formula is C15H15N. The summed E-state index contributed by atoms with van der Waals surface area (Å²) >= 11 is 0. The molecule has 0 aliphatic heterocycles. The molecule has 0 aliphatic carbocycles. The molecule has 2 N–H and O–H groups in total. The molecule has 0 saturated heterocycles. The summed E-state index contributed by atoms with van der Waals surface area (Å²) in [5.41, 5.74) is 11.0. The summed E-state index contributed by atoms with van der Waals surface area (Å²) in [6.07, 6.45) is 0. The summed E-state index contributed by atoms with van der Waals surface area (Å²) in [7, 11) is 0. The zero-order valence-corrected chi connectivity index (χ0v) is 9.40. The Balaban J connectivity index is 2.32. The number of hydrogen-bond donors (Lipinski definition) is 1. The van der Waals surface area contributed by atoms with Gasteiger partial charge in [-0.25, -0.2) is 0 Å². The highest BCUT2D eigenvalue weighted by atomic mass is 14.5. The van der Waals surface area contributed by atoms with Crippen molar-refractivity contribution in [1.82, 2.24) is 0 Å². The van der Waals surface area contributed by atoms with Crippen molar-refractivity contribution < 1.29 is 0 Å². The summed E-state index contributed by atoms with van der Waals surface area (Å²) in [5.74, 6) is 0. The van der Waals surface area contributed by atoms with E-state index in [0.29, 0.717) is 0 Å². The van der Waals surface area contributed by atoms with Crippen LogP contribution < -0.4 is 5.73 Å². The van der Waals surface area contributed by atoms with E-state index in [2.05, 4.69) is 37.8 Å². The van der Waals surface area contributed by atoms with E-state index in [0.717, 1.165) is 22.4 Å². The first-order valence-electron chi connectivity index (χ1n) is 5.28. The van der Waals surface area contributed by atoms with Crippen LogP contribution in [0.1, 0.15) is 16.7 Å². The minimum Gasteiger partial charge on any atom is -0.399 e. The van der Waals surface area contributed by atoms with Crippen molar-refractivity contribution in [2.75, 3.05) is 5.73 Å². The molecular weight excluding hydrogens is 194 g/mol. The van der Waals surface area contributed by atoms with Gasteiger partial charge >= 0.3 is 0 Å². The fourth-order valence-corrected chi connectivity index (χ4v) is 1.61. The third-order valence-corrected chi connectivity index (χ3v) is 2.66.